The zero-order valence-electron chi connectivity index (χ0n) is 11.6. The normalized spacial score (nSPS) is 15.5. The van der Waals surface area contributed by atoms with Gasteiger partial charge < -0.3 is 4.74 Å². The van der Waals surface area contributed by atoms with Gasteiger partial charge in [-0.25, -0.2) is 0 Å². The molecule has 0 heterocycles. The van der Waals surface area contributed by atoms with Crippen molar-refractivity contribution >= 4 is 25.9 Å². The van der Waals surface area contributed by atoms with Gasteiger partial charge in [0, 0.05) is 25.9 Å². The number of nitrogens with zero attached hydrogens (tertiary/aromatic N) is 1. The standard InChI is InChI=1S/C12H25ClN2OSi/c1-11(13)6-7-14-12(2)15-10-16-8-9-17(3,4)5/h6-7,12,15H,8-10H2,1-5H3/b11-6+,14-7?. The molecular weight excluding hydrogens is 252 g/mol. The molecule has 17 heavy (non-hydrogen) atoms. The van der Waals surface area contributed by atoms with Crippen molar-refractivity contribution < 1.29 is 4.74 Å². The first kappa shape index (κ1) is 16.8. The summed E-state index contributed by atoms with van der Waals surface area (Å²) in [6, 6.07) is 1.19. The van der Waals surface area contributed by atoms with Gasteiger partial charge in [-0.3, -0.25) is 10.3 Å². The minimum absolute atomic E-state index is 0.0501. The van der Waals surface area contributed by atoms with E-state index in [0.717, 1.165) is 11.6 Å². The fourth-order valence-electron chi connectivity index (χ4n) is 0.958. The molecule has 0 bridgehead atoms. The van der Waals surface area contributed by atoms with E-state index in [1.54, 1.807) is 12.3 Å². The fraction of sp³-hybridized carbons (Fsp3) is 0.750. The van der Waals surface area contributed by atoms with Crippen molar-refractivity contribution in [2.24, 2.45) is 4.99 Å². The van der Waals surface area contributed by atoms with Crippen molar-refractivity contribution in [3.8, 4) is 0 Å². The summed E-state index contributed by atoms with van der Waals surface area (Å²) in [6.45, 7) is 12.2. The van der Waals surface area contributed by atoms with E-state index < -0.39 is 8.07 Å². The Morgan fingerprint density at radius 2 is 2.12 bits per heavy atom. The Morgan fingerprint density at radius 1 is 1.47 bits per heavy atom. The SMILES string of the molecule is C/C(Cl)=C\C=NC(C)NCOCC[Si](C)(C)C. The molecule has 0 aliphatic rings. The second-order valence-corrected chi connectivity index (χ2v) is 11.5. The summed E-state index contributed by atoms with van der Waals surface area (Å²) < 4.78 is 5.52. The third-order valence-corrected chi connectivity index (χ3v) is 3.92. The number of nitrogens with one attached hydrogen (secondary N) is 1. The predicted molar refractivity (Wildman–Crippen MR) is 79.7 cm³/mol. The van der Waals surface area contributed by atoms with Gasteiger partial charge in [-0.2, -0.15) is 0 Å². The van der Waals surface area contributed by atoms with Crippen LogP contribution in [-0.2, 0) is 4.74 Å². The first-order chi connectivity index (χ1) is 7.81. The lowest BCUT2D eigenvalue weighted by molar-refractivity contribution is 0.121. The van der Waals surface area contributed by atoms with E-state index in [1.807, 2.05) is 13.8 Å². The van der Waals surface area contributed by atoms with Crippen LogP contribution in [-0.4, -0.2) is 33.8 Å². The molecule has 0 radical (unpaired) electrons. The minimum Gasteiger partial charge on any atom is -0.367 e. The zero-order valence-corrected chi connectivity index (χ0v) is 13.3. The summed E-state index contributed by atoms with van der Waals surface area (Å²) in [5, 5.41) is 3.89. The van der Waals surface area contributed by atoms with Crippen molar-refractivity contribution in [3.05, 3.63) is 11.1 Å². The van der Waals surface area contributed by atoms with Gasteiger partial charge in [-0.15, -0.1) is 0 Å². The van der Waals surface area contributed by atoms with Crippen molar-refractivity contribution in [3.63, 3.8) is 0 Å². The van der Waals surface area contributed by atoms with Gasteiger partial charge in [0.2, 0.25) is 0 Å². The molecule has 5 heteroatoms. The van der Waals surface area contributed by atoms with E-state index in [-0.39, 0.29) is 6.17 Å². The van der Waals surface area contributed by atoms with Gasteiger partial charge in [0.05, 0.1) is 12.9 Å². The quantitative estimate of drug-likeness (QED) is 0.319. The highest BCUT2D eigenvalue weighted by Crippen LogP contribution is 2.07. The second kappa shape index (κ2) is 8.86. The lowest BCUT2D eigenvalue weighted by Gasteiger charge is -2.16. The Hall–Kier alpha value is -0.163. The van der Waals surface area contributed by atoms with Gasteiger partial charge in [0.25, 0.3) is 0 Å². The van der Waals surface area contributed by atoms with Gasteiger partial charge in [-0.1, -0.05) is 31.2 Å². The van der Waals surface area contributed by atoms with Crippen LogP contribution < -0.4 is 5.32 Å². The van der Waals surface area contributed by atoms with Crippen LogP contribution in [0.1, 0.15) is 13.8 Å². The summed E-state index contributed by atoms with van der Waals surface area (Å²) in [7, 11) is -0.973. The molecule has 0 aliphatic carbocycles. The summed E-state index contributed by atoms with van der Waals surface area (Å²) >= 11 is 5.68. The number of aliphatic imine (C=N–C) groups is 1. The van der Waals surface area contributed by atoms with E-state index in [4.69, 9.17) is 16.3 Å². The lowest BCUT2D eigenvalue weighted by atomic mass is 10.5. The van der Waals surface area contributed by atoms with E-state index >= 15 is 0 Å². The second-order valence-electron chi connectivity index (χ2n) is 5.29. The van der Waals surface area contributed by atoms with E-state index in [2.05, 4.69) is 30.0 Å². The average Bonchev–Trinajstić information content (AvgIpc) is 2.14. The predicted octanol–water partition coefficient (Wildman–Crippen LogP) is 3.45. The Bertz CT molecular complexity index is 258. The topological polar surface area (TPSA) is 33.6 Å². The smallest absolute Gasteiger partial charge is 0.0982 e. The molecule has 0 aliphatic heterocycles. The first-order valence-electron chi connectivity index (χ1n) is 5.98. The van der Waals surface area contributed by atoms with Crippen LogP contribution in [0.3, 0.4) is 0 Å². The number of halogens is 1. The molecule has 1 N–H and O–H groups in total. The maximum atomic E-state index is 5.68. The molecular formula is C12H25ClN2OSi. The number of allylic oxidation sites excluding steroid dienone is 2. The fourth-order valence-corrected chi connectivity index (χ4v) is 1.77. The number of hydrogen-bond acceptors (Lipinski definition) is 3. The van der Waals surface area contributed by atoms with Crippen molar-refractivity contribution in [1.29, 1.82) is 0 Å². The monoisotopic (exact) mass is 276 g/mol. The molecule has 100 valence electrons. The highest BCUT2D eigenvalue weighted by Gasteiger charge is 2.11. The van der Waals surface area contributed by atoms with Gasteiger partial charge in [0.15, 0.2) is 0 Å². The van der Waals surface area contributed by atoms with Crippen molar-refractivity contribution in [1.82, 2.24) is 5.32 Å². The molecule has 0 aromatic carbocycles. The number of hydrogen-bond donors (Lipinski definition) is 1. The summed E-state index contributed by atoms with van der Waals surface area (Å²) in [5.74, 6) is 0. The van der Waals surface area contributed by atoms with E-state index in [1.165, 1.54) is 6.04 Å². The number of rotatable bonds is 8. The molecule has 0 spiro atoms. The third-order valence-electron chi connectivity index (χ3n) is 2.09. The molecule has 1 unspecified atom stereocenters. The van der Waals surface area contributed by atoms with Gasteiger partial charge >= 0.3 is 0 Å². The van der Waals surface area contributed by atoms with Gasteiger partial charge in [0.1, 0.15) is 0 Å². The Labute approximate surface area is 111 Å². The van der Waals surface area contributed by atoms with Crippen LogP contribution in [0.4, 0.5) is 0 Å². The van der Waals surface area contributed by atoms with Gasteiger partial charge in [-0.05, 0) is 26.0 Å². The van der Waals surface area contributed by atoms with Crippen LogP contribution in [0.2, 0.25) is 25.7 Å². The molecule has 0 saturated heterocycles. The molecule has 1 atom stereocenters. The first-order valence-corrected chi connectivity index (χ1v) is 10.1. The van der Waals surface area contributed by atoms with Crippen LogP contribution in [0.15, 0.2) is 16.1 Å². The van der Waals surface area contributed by atoms with E-state index in [0.29, 0.717) is 6.73 Å². The molecule has 0 aromatic heterocycles. The van der Waals surface area contributed by atoms with Crippen LogP contribution >= 0.6 is 11.6 Å². The zero-order chi connectivity index (χ0) is 13.3. The molecule has 0 rings (SSSR count). The summed E-state index contributed by atoms with van der Waals surface area (Å²) in [6.07, 6.45) is 3.53. The summed E-state index contributed by atoms with van der Waals surface area (Å²) in [4.78, 5) is 4.24. The third kappa shape index (κ3) is 13.8. The molecule has 3 nitrogen and oxygen atoms in total. The van der Waals surface area contributed by atoms with Crippen molar-refractivity contribution in [2.45, 2.75) is 45.7 Å². The Kier molecular flexibility index (Phi) is 8.77. The minimum atomic E-state index is -0.973. The summed E-state index contributed by atoms with van der Waals surface area (Å²) in [5.41, 5.74) is 0. The molecule has 0 fully saturated rings. The Morgan fingerprint density at radius 3 is 2.65 bits per heavy atom. The largest absolute Gasteiger partial charge is 0.367 e. The molecule has 0 amide bonds. The van der Waals surface area contributed by atoms with Crippen LogP contribution in [0.25, 0.3) is 0 Å². The van der Waals surface area contributed by atoms with Crippen LogP contribution in [0, 0.1) is 0 Å². The maximum absolute atomic E-state index is 5.68. The molecule has 0 saturated carbocycles. The highest BCUT2D eigenvalue weighted by atomic mass is 35.5. The van der Waals surface area contributed by atoms with E-state index in [9.17, 15) is 0 Å². The van der Waals surface area contributed by atoms with Crippen LogP contribution in [0.5, 0.6) is 0 Å². The highest BCUT2D eigenvalue weighted by molar-refractivity contribution is 6.76. The lowest BCUT2D eigenvalue weighted by Crippen LogP contribution is -2.28. The maximum Gasteiger partial charge on any atom is 0.0982 e. The number of ether oxygens (including phenoxy) is 1. The average molecular weight is 277 g/mol. The Balaban J connectivity index is 3.55. The molecule has 0 aromatic rings. The van der Waals surface area contributed by atoms with Crippen molar-refractivity contribution in [2.75, 3.05) is 13.3 Å².